The smallest absolute Gasteiger partial charge is 0.329 e. The average Bonchev–Trinajstić information content (AvgIpc) is 3.69. The Bertz CT molecular complexity index is 2210. The van der Waals surface area contributed by atoms with Crippen molar-refractivity contribution < 1.29 is 38.6 Å². The summed E-state index contributed by atoms with van der Waals surface area (Å²) in [6, 6.07) is 27.4. The molecule has 12 heteroatoms. The van der Waals surface area contributed by atoms with E-state index >= 15 is 14.4 Å². The van der Waals surface area contributed by atoms with Gasteiger partial charge in [-0.15, -0.1) is 0 Å². The molecule has 0 aliphatic carbocycles. The van der Waals surface area contributed by atoms with Crippen molar-refractivity contribution in [3.05, 3.63) is 131 Å². The number of morpholine rings is 1. The summed E-state index contributed by atoms with van der Waals surface area (Å²) in [6.45, 7) is 4.41. The number of aromatic hydroxyl groups is 1. The van der Waals surface area contributed by atoms with Gasteiger partial charge in [-0.3, -0.25) is 19.3 Å². The second kappa shape index (κ2) is 16.3. The number of fused-ring (bicyclic) bond motifs is 3. The molecule has 306 valence electrons. The molecule has 0 bridgehead atoms. The first-order chi connectivity index (χ1) is 28.6. The molecule has 4 aromatic carbocycles. The molecule has 4 aromatic rings. The third kappa shape index (κ3) is 6.73. The number of urea groups is 1. The Labute approximate surface area is 344 Å². The van der Waals surface area contributed by atoms with Crippen LogP contribution in [0.25, 0.3) is 0 Å². The summed E-state index contributed by atoms with van der Waals surface area (Å²) in [7, 11) is 1.23. The SMILES string of the molecule is COC(=O)[C@@H](NC(=O)N1C(=O)[C@@]2(c3ccccc31)[C@H](c1ccc(O)cc1)N1[C@H](c3ccccc3)[C@H](c3ccccc3)OC(=O)[C@H]1[C@@H]2C(=O)N1CCCCCCC1)C(C)C. The first-order valence-corrected chi connectivity index (χ1v) is 20.6. The number of para-hydroxylation sites is 1. The number of esters is 2. The number of rotatable bonds is 7. The molecule has 12 nitrogen and oxygen atoms in total. The van der Waals surface area contributed by atoms with Crippen molar-refractivity contribution in [2.24, 2.45) is 11.8 Å². The van der Waals surface area contributed by atoms with Gasteiger partial charge in [-0.25, -0.2) is 14.5 Å². The Morgan fingerprint density at radius 1 is 0.763 bits per heavy atom. The normalized spacial score (nSPS) is 26.1. The van der Waals surface area contributed by atoms with Crippen LogP contribution in [0.1, 0.15) is 86.4 Å². The zero-order valence-corrected chi connectivity index (χ0v) is 33.5. The Morgan fingerprint density at radius 2 is 1.36 bits per heavy atom. The largest absolute Gasteiger partial charge is 0.508 e. The van der Waals surface area contributed by atoms with E-state index in [1.165, 1.54) is 19.2 Å². The van der Waals surface area contributed by atoms with E-state index in [4.69, 9.17) is 9.47 Å². The van der Waals surface area contributed by atoms with Crippen molar-refractivity contribution in [2.75, 3.05) is 25.1 Å². The van der Waals surface area contributed by atoms with Crippen molar-refractivity contribution in [1.82, 2.24) is 15.1 Å². The lowest BCUT2D eigenvalue weighted by atomic mass is 9.65. The summed E-state index contributed by atoms with van der Waals surface area (Å²) in [5, 5.41) is 13.4. The Hall–Kier alpha value is -6.01. The van der Waals surface area contributed by atoms with Gasteiger partial charge in [0, 0.05) is 13.1 Å². The lowest BCUT2D eigenvalue weighted by molar-refractivity contribution is -0.179. The summed E-state index contributed by atoms with van der Waals surface area (Å²) < 4.78 is 11.6. The number of ether oxygens (including phenoxy) is 2. The minimum Gasteiger partial charge on any atom is -0.508 e. The second-order valence-electron chi connectivity index (χ2n) is 16.3. The fraction of sp³-hybridized carbons (Fsp3) is 0.383. The van der Waals surface area contributed by atoms with E-state index in [0.717, 1.165) is 48.1 Å². The number of benzene rings is 4. The molecule has 59 heavy (non-hydrogen) atoms. The van der Waals surface area contributed by atoms with Crippen molar-refractivity contribution in [3.8, 4) is 5.75 Å². The molecule has 8 rings (SSSR count). The van der Waals surface area contributed by atoms with Gasteiger partial charge in [0.05, 0.1) is 30.8 Å². The first-order valence-electron chi connectivity index (χ1n) is 20.6. The topological polar surface area (TPSA) is 146 Å². The van der Waals surface area contributed by atoms with E-state index in [2.05, 4.69) is 5.32 Å². The number of likely N-dealkylation sites (tertiary alicyclic amines) is 1. The fourth-order valence-electron chi connectivity index (χ4n) is 9.99. The number of hydrogen-bond donors (Lipinski definition) is 2. The van der Waals surface area contributed by atoms with Crippen LogP contribution in [0.3, 0.4) is 0 Å². The quantitative estimate of drug-likeness (QED) is 0.194. The summed E-state index contributed by atoms with van der Waals surface area (Å²) in [6.07, 6.45) is 3.60. The highest BCUT2D eigenvalue weighted by Crippen LogP contribution is 2.66. The van der Waals surface area contributed by atoms with E-state index in [1.54, 1.807) is 55.1 Å². The number of carbonyl (C=O) groups is 5. The van der Waals surface area contributed by atoms with Crippen LogP contribution in [-0.2, 0) is 34.1 Å². The molecular weight excluding hydrogens is 749 g/mol. The van der Waals surface area contributed by atoms with Crippen LogP contribution in [0.15, 0.2) is 109 Å². The number of nitrogens with one attached hydrogen (secondary N) is 1. The van der Waals surface area contributed by atoms with Gasteiger partial charge in [-0.1, -0.05) is 124 Å². The van der Waals surface area contributed by atoms with Crippen LogP contribution >= 0.6 is 0 Å². The maximum atomic E-state index is 16.2. The minimum absolute atomic E-state index is 0.00730. The van der Waals surface area contributed by atoms with Gasteiger partial charge in [0.2, 0.25) is 11.8 Å². The number of methoxy groups -OCH3 is 1. The van der Waals surface area contributed by atoms with Crippen molar-refractivity contribution in [3.63, 3.8) is 0 Å². The maximum Gasteiger partial charge on any atom is 0.329 e. The average molecular weight is 799 g/mol. The Kier molecular flexibility index (Phi) is 11.0. The van der Waals surface area contributed by atoms with Crippen molar-refractivity contribution >= 4 is 35.5 Å². The van der Waals surface area contributed by atoms with Crippen LogP contribution in [0.4, 0.5) is 10.5 Å². The van der Waals surface area contributed by atoms with Crippen molar-refractivity contribution in [1.29, 1.82) is 0 Å². The van der Waals surface area contributed by atoms with E-state index in [9.17, 15) is 14.7 Å². The summed E-state index contributed by atoms with van der Waals surface area (Å²) in [5.74, 6) is -4.17. The highest BCUT2D eigenvalue weighted by molar-refractivity contribution is 6.25. The molecule has 4 aliphatic rings. The molecular formula is C47H50N4O8. The van der Waals surface area contributed by atoms with Gasteiger partial charge in [-0.05, 0) is 59.2 Å². The molecule has 0 saturated carbocycles. The van der Waals surface area contributed by atoms with Gasteiger partial charge in [-0.2, -0.15) is 0 Å². The number of amides is 4. The lowest BCUT2D eigenvalue weighted by Crippen LogP contribution is -2.58. The molecule has 2 N–H and O–H groups in total. The van der Waals surface area contributed by atoms with E-state index in [0.29, 0.717) is 24.2 Å². The van der Waals surface area contributed by atoms with E-state index in [1.807, 2.05) is 65.6 Å². The summed E-state index contributed by atoms with van der Waals surface area (Å²) in [4.78, 5) is 79.6. The zero-order chi connectivity index (χ0) is 41.4. The standard InChI is InChI=1S/C47H50N4O8/c1-29(2)37(43(54)58-3)48-46(57)50-35-22-14-13-21-34(35)47(45(50)56)36(42(53)49-27-15-5-4-6-16-28-49)39-44(55)59-40(31-19-11-8-12-20-31)38(30-17-9-7-10-18-30)51(39)41(47)32-23-25-33(52)26-24-32/h7-14,17-26,29,36-41,52H,4-6,15-16,27-28H2,1-3H3,(H,48,57)/t36-,37+,38-,39-,40+,41+,47-/m1/s1. The number of nitrogens with zero attached hydrogens (tertiary/aromatic N) is 3. The molecule has 0 aromatic heterocycles. The molecule has 0 unspecified atom stereocenters. The molecule has 3 saturated heterocycles. The number of carbonyl (C=O) groups excluding carboxylic acids is 5. The number of anilines is 1. The van der Waals surface area contributed by atoms with E-state index < -0.39 is 71.4 Å². The number of cyclic esters (lactones) is 1. The molecule has 3 fully saturated rings. The lowest BCUT2D eigenvalue weighted by Gasteiger charge is -2.46. The van der Waals surface area contributed by atoms with Gasteiger partial charge in [0.1, 0.15) is 29.4 Å². The molecule has 4 amide bonds. The van der Waals surface area contributed by atoms with E-state index in [-0.39, 0.29) is 17.3 Å². The minimum atomic E-state index is -1.88. The predicted molar refractivity (Wildman–Crippen MR) is 219 cm³/mol. The number of phenolic OH excluding ortho intramolecular Hbond substituents is 1. The molecule has 0 radical (unpaired) electrons. The van der Waals surface area contributed by atoms with Gasteiger partial charge < -0.3 is 24.8 Å². The van der Waals surface area contributed by atoms with Crippen LogP contribution < -0.4 is 10.2 Å². The zero-order valence-electron chi connectivity index (χ0n) is 33.5. The van der Waals surface area contributed by atoms with Crippen LogP contribution in [-0.4, -0.2) is 77.0 Å². The maximum absolute atomic E-state index is 16.2. The van der Waals surface area contributed by atoms with Crippen molar-refractivity contribution in [2.45, 2.75) is 81.6 Å². The Balaban J connectivity index is 1.42. The molecule has 4 aliphatic heterocycles. The van der Waals surface area contributed by atoms with Gasteiger partial charge in [0.15, 0.2) is 0 Å². The van der Waals surface area contributed by atoms with Gasteiger partial charge >= 0.3 is 18.0 Å². The monoisotopic (exact) mass is 798 g/mol. The first kappa shape index (κ1) is 39.8. The highest BCUT2D eigenvalue weighted by atomic mass is 16.6. The van der Waals surface area contributed by atoms with Crippen LogP contribution in [0.5, 0.6) is 5.75 Å². The number of imide groups is 1. The number of hydrogen-bond acceptors (Lipinski definition) is 9. The fourth-order valence-corrected chi connectivity index (χ4v) is 9.99. The molecule has 4 heterocycles. The van der Waals surface area contributed by atoms with Crippen LogP contribution in [0.2, 0.25) is 0 Å². The summed E-state index contributed by atoms with van der Waals surface area (Å²) in [5.41, 5.74) is 0.827. The summed E-state index contributed by atoms with van der Waals surface area (Å²) >= 11 is 0. The molecule has 7 atom stereocenters. The second-order valence-corrected chi connectivity index (χ2v) is 16.3. The predicted octanol–water partition coefficient (Wildman–Crippen LogP) is 6.76. The third-order valence-corrected chi connectivity index (χ3v) is 12.6. The molecule has 1 spiro atoms. The highest BCUT2D eigenvalue weighted by Gasteiger charge is 2.76. The van der Waals surface area contributed by atoms with Crippen LogP contribution in [0, 0.1) is 11.8 Å². The van der Waals surface area contributed by atoms with Gasteiger partial charge in [0.25, 0.3) is 0 Å². The third-order valence-electron chi connectivity index (χ3n) is 12.6. The number of phenols is 1. The Morgan fingerprint density at radius 3 is 1.98 bits per heavy atom.